The molecular weight excluding hydrogens is 244 g/mol. The highest BCUT2D eigenvalue weighted by Gasteiger charge is 2.22. The minimum atomic E-state index is 0.0879. The normalized spacial score (nSPS) is 14.8. The van der Waals surface area contributed by atoms with E-state index in [1.165, 1.54) is 24.0 Å². The van der Waals surface area contributed by atoms with Crippen molar-refractivity contribution in [2.45, 2.75) is 59.5 Å². The van der Waals surface area contributed by atoms with E-state index in [0.29, 0.717) is 6.04 Å². The zero-order chi connectivity index (χ0) is 15.1. The molecule has 0 spiro atoms. The van der Waals surface area contributed by atoms with Crippen LogP contribution in [-0.2, 0) is 0 Å². The number of hydrogen-bond acceptors (Lipinski definition) is 2. The van der Waals surface area contributed by atoms with Gasteiger partial charge in [0.15, 0.2) is 0 Å². The van der Waals surface area contributed by atoms with Crippen LogP contribution in [0, 0.1) is 12.8 Å². The van der Waals surface area contributed by atoms with Gasteiger partial charge in [-0.15, -0.1) is 0 Å². The smallest absolute Gasteiger partial charge is 0.0450 e. The van der Waals surface area contributed by atoms with Crippen LogP contribution in [-0.4, -0.2) is 24.0 Å². The molecule has 2 atom stereocenters. The zero-order valence-corrected chi connectivity index (χ0v) is 13.9. The molecule has 0 aliphatic carbocycles. The second-order valence-corrected chi connectivity index (χ2v) is 5.95. The van der Waals surface area contributed by atoms with Crippen LogP contribution in [0.2, 0.25) is 0 Å². The molecule has 0 heterocycles. The standard InChI is InChI=1S/C18H32N2/c1-6-16(7-2)13-20(8-3)15(5)18(19)17-11-9-14(4)10-12-17/h9-12,15-16,18H,6-8,13,19H2,1-5H3. The van der Waals surface area contributed by atoms with Crippen molar-refractivity contribution in [3.05, 3.63) is 35.4 Å². The van der Waals surface area contributed by atoms with Gasteiger partial charge in [-0.3, -0.25) is 4.90 Å². The third-order valence-electron chi connectivity index (χ3n) is 4.61. The lowest BCUT2D eigenvalue weighted by Crippen LogP contribution is -2.43. The first-order valence-corrected chi connectivity index (χ1v) is 8.09. The summed E-state index contributed by atoms with van der Waals surface area (Å²) in [5.41, 5.74) is 9.01. The molecule has 114 valence electrons. The lowest BCUT2D eigenvalue weighted by atomic mass is 9.96. The summed E-state index contributed by atoms with van der Waals surface area (Å²) in [6.45, 7) is 13.4. The molecule has 0 saturated heterocycles. The Kier molecular flexibility index (Phi) is 7.25. The largest absolute Gasteiger partial charge is 0.323 e. The van der Waals surface area contributed by atoms with Crippen molar-refractivity contribution in [3.8, 4) is 0 Å². The van der Waals surface area contributed by atoms with Crippen molar-refractivity contribution in [2.75, 3.05) is 13.1 Å². The Balaban J connectivity index is 2.74. The number of nitrogens with zero attached hydrogens (tertiary/aromatic N) is 1. The van der Waals surface area contributed by atoms with E-state index in [4.69, 9.17) is 5.73 Å². The summed E-state index contributed by atoms with van der Waals surface area (Å²) >= 11 is 0. The average Bonchev–Trinajstić information content (AvgIpc) is 2.48. The molecule has 2 unspecified atom stereocenters. The highest BCUT2D eigenvalue weighted by Crippen LogP contribution is 2.21. The van der Waals surface area contributed by atoms with Crippen molar-refractivity contribution in [3.63, 3.8) is 0 Å². The molecule has 0 saturated carbocycles. The third kappa shape index (κ3) is 4.60. The lowest BCUT2D eigenvalue weighted by Gasteiger charge is -2.34. The van der Waals surface area contributed by atoms with Gasteiger partial charge < -0.3 is 5.73 Å². The van der Waals surface area contributed by atoms with E-state index >= 15 is 0 Å². The molecule has 0 bridgehead atoms. The number of nitrogens with two attached hydrogens (primary N) is 1. The number of hydrogen-bond donors (Lipinski definition) is 1. The zero-order valence-electron chi connectivity index (χ0n) is 13.9. The Morgan fingerprint density at radius 2 is 1.60 bits per heavy atom. The second-order valence-electron chi connectivity index (χ2n) is 5.95. The van der Waals surface area contributed by atoms with E-state index in [1.807, 2.05) is 0 Å². The lowest BCUT2D eigenvalue weighted by molar-refractivity contribution is 0.160. The Hall–Kier alpha value is -0.860. The van der Waals surface area contributed by atoms with Crippen LogP contribution < -0.4 is 5.73 Å². The summed E-state index contributed by atoms with van der Waals surface area (Å²) in [6.07, 6.45) is 2.50. The van der Waals surface area contributed by atoms with E-state index < -0.39 is 0 Å². The monoisotopic (exact) mass is 276 g/mol. The van der Waals surface area contributed by atoms with Gasteiger partial charge in [-0.1, -0.05) is 63.4 Å². The molecule has 2 heteroatoms. The van der Waals surface area contributed by atoms with Gasteiger partial charge >= 0.3 is 0 Å². The number of rotatable bonds is 8. The van der Waals surface area contributed by atoms with Crippen LogP contribution in [0.5, 0.6) is 0 Å². The van der Waals surface area contributed by atoms with Gasteiger partial charge in [-0.05, 0) is 31.9 Å². The number of aryl methyl sites for hydroxylation is 1. The number of likely N-dealkylation sites (N-methyl/N-ethyl adjacent to an activating group) is 1. The Labute approximate surface area is 125 Å². The van der Waals surface area contributed by atoms with Gasteiger partial charge in [0.25, 0.3) is 0 Å². The predicted octanol–water partition coefficient (Wildman–Crippen LogP) is 4.14. The van der Waals surface area contributed by atoms with Gasteiger partial charge in [-0.2, -0.15) is 0 Å². The molecule has 0 aliphatic rings. The first-order valence-electron chi connectivity index (χ1n) is 8.09. The van der Waals surface area contributed by atoms with Crippen molar-refractivity contribution >= 4 is 0 Å². The van der Waals surface area contributed by atoms with E-state index in [2.05, 4.69) is 63.8 Å². The van der Waals surface area contributed by atoms with Crippen LogP contribution in [0.25, 0.3) is 0 Å². The number of benzene rings is 1. The predicted molar refractivity (Wildman–Crippen MR) is 88.9 cm³/mol. The summed E-state index contributed by atoms with van der Waals surface area (Å²) in [5.74, 6) is 0.780. The summed E-state index contributed by atoms with van der Waals surface area (Å²) in [5, 5.41) is 0. The molecular formula is C18H32N2. The summed E-state index contributed by atoms with van der Waals surface area (Å²) < 4.78 is 0. The van der Waals surface area contributed by atoms with E-state index in [-0.39, 0.29) is 6.04 Å². The fourth-order valence-corrected chi connectivity index (χ4v) is 2.76. The molecule has 0 fully saturated rings. The Morgan fingerprint density at radius 3 is 2.05 bits per heavy atom. The van der Waals surface area contributed by atoms with Crippen LogP contribution in [0.15, 0.2) is 24.3 Å². The third-order valence-corrected chi connectivity index (χ3v) is 4.61. The van der Waals surface area contributed by atoms with Crippen molar-refractivity contribution < 1.29 is 0 Å². The molecule has 0 radical (unpaired) electrons. The molecule has 0 aromatic heterocycles. The first-order chi connectivity index (χ1) is 9.53. The summed E-state index contributed by atoms with van der Waals surface area (Å²) in [7, 11) is 0. The second kappa shape index (κ2) is 8.43. The molecule has 0 amide bonds. The maximum atomic E-state index is 6.48. The van der Waals surface area contributed by atoms with Crippen LogP contribution in [0.1, 0.15) is 57.7 Å². The fraction of sp³-hybridized carbons (Fsp3) is 0.667. The van der Waals surface area contributed by atoms with E-state index in [1.54, 1.807) is 0 Å². The van der Waals surface area contributed by atoms with E-state index in [9.17, 15) is 0 Å². The summed E-state index contributed by atoms with van der Waals surface area (Å²) in [6, 6.07) is 9.11. The van der Waals surface area contributed by atoms with Crippen molar-refractivity contribution in [1.29, 1.82) is 0 Å². The first kappa shape index (κ1) is 17.2. The Bertz CT molecular complexity index is 368. The SMILES string of the molecule is CCC(CC)CN(CC)C(C)C(N)c1ccc(C)cc1. The summed E-state index contributed by atoms with van der Waals surface area (Å²) in [4.78, 5) is 2.53. The van der Waals surface area contributed by atoms with Gasteiger partial charge in [0, 0.05) is 18.6 Å². The fourth-order valence-electron chi connectivity index (χ4n) is 2.76. The van der Waals surface area contributed by atoms with Crippen LogP contribution in [0.4, 0.5) is 0 Å². The minimum absolute atomic E-state index is 0.0879. The van der Waals surface area contributed by atoms with Gasteiger partial charge in [0.1, 0.15) is 0 Å². The van der Waals surface area contributed by atoms with Gasteiger partial charge in [0.2, 0.25) is 0 Å². The average molecular weight is 276 g/mol. The van der Waals surface area contributed by atoms with Crippen molar-refractivity contribution in [2.24, 2.45) is 11.7 Å². The highest BCUT2D eigenvalue weighted by atomic mass is 15.2. The minimum Gasteiger partial charge on any atom is -0.323 e. The van der Waals surface area contributed by atoms with Gasteiger partial charge in [-0.25, -0.2) is 0 Å². The van der Waals surface area contributed by atoms with Crippen LogP contribution in [0.3, 0.4) is 0 Å². The maximum absolute atomic E-state index is 6.48. The maximum Gasteiger partial charge on any atom is 0.0450 e. The topological polar surface area (TPSA) is 29.3 Å². The van der Waals surface area contributed by atoms with E-state index in [0.717, 1.165) is 19.0 Å². The highest BCUT2D eigenvalue weighted by molar-refractivity contribution is 5.24. The Morgan fingerprint density at radius 1 is 1.05 bits per heavy atom. The molecule has 20 heavy (non-hydrogen) atoms. The molecule has 1 aromatic carbocycles. The quantitative estimate of drug-likeness (QED) is 0.773. The molecule has 2 N–H and O–H groups in total. The molecule has 1 aromatic rings. The van der Waals surface area contributed by atoms with Gasteiger partial charge in [0.05, 0.1) is 0 Å². The van der Waals surface area contributed by atoms with Crippen molar-refractivity contribution in [1.82, 2.24) is 4.90 Å². The molecule has 0 aliphatic heterocycles. The van der Waals surface area contributed by atoms with Crippen LogP contribution >= 0.6 is 0 Å². The molecule has 1 rings (SSSR count). The molecule has 2 nitrogen and oxygen atoms in total.